The lowest BCUT2D eigenvalue weighted by atomic mass is 10.4. The maximum atomic E-state index is 4.38. The Kier molecular flexibility index (Phi) is 3.16. The monoisotopic (exact) mass is 206 g/mol. The van der Waals surface area contributed by atoms with Crippen LogP contribution < -0.4 is 5.32 Å². The molecule has 0 radical (unpaired) electrons. The fourth-order valence-corrected chi connectivity index (χ4v) is 1.61. The Hall–Kier alpha value is -1.16. The van der Waals surface area contributed by atoms with Crippen LogP contribution in [0.2, 0.25) is 0 Å². The SMILES string of the molecule is CCNc1cnc(CN(C)C2CC2)cn1. The smallest absolute Gasteiger partial charge is 0.144 e. The molecular weight excluding hydrogens is 188 g/mol. The van der Waals surface area contributed by atoms with E-state index in [1.165, 1.54) is 12.8 Å². The summed E-state index contributed by atoms with van der Waals surface area (Å²) in [6.07, 6.45) is 6.33. The van der Waals surface area contributed by atoms with Crippen molar-refractivity contribution in [2.24, 2.45) is 0 Å². The zero-order chi connectivity index (χ0) is 10.7. The van der Waals surface area contributed by atoms with E-state index in [0.29, 0.717) is 0 Å². The molecule has 0 saturated heterocycles. The van der Waals surface area contributed by atoms with Crippen LogP contribution in [0.5, 0.6) is 0 Å². The number of nitrogens with zero attached hydrogens (tertiary/aromatic N) is 3. The molecule has 0 spiro atoms. The number of anilines is 1. The number of aromatic nitrogens is 2. The third kappa shape index (κ3) is 2.89. The maximum Gasteiger partial charge on any atom is 0.144 e. The minimum absolute atomic E-state index is 0.778. The third-order valence-electron chi connectivity index (χ3n) is 2.64. The van der Waals surface area contributed by atoms with E-state index in [4.69, 9.17) is 0 Å². The van der Waals surface area contributed by atoms with E-state index >= 15 is 0 Å². The molecule has 1 aromatic heterocycles. The predicted octanol–water partition coefficient (Wildman–Crippen LogP) is 1.50. The first kappa shape index (κ1) is 10.4. The van der Waals surface area contributed by atoms with Crippen molar-refractivity contribution in [1.29, 1.82) is 0 Å². The second-order valence-electron chi connectivity index (χ2n) is 4.07. The van der Waals surface area contributed by atoms with Crippen molar-refractivity contribution in [3.63, 3.8) is 0 Å². The van der Waals surface area contributed by atoms with Crippen LogP contribution in [0.15, 0.2) is 12.4 Å². The van der Waals surface area contributed by atoms with Crippen molar-refractivity contribution in [3.8, 4) is 0 Å². The number of nitrogens with one attached hydrogen (secondary N) is 1. The lowest BCUT2D eigenvalue weighted by molar-refractivity contribution is 0.312. The molecule has 2 rings (SSSR count). The van der Waals surface area contributed by atoms with Crippen molar-refractivity contribution < 1.29 is 0 Å². The van der Waals surface area contributed by atoms with Crippen LogP contribution in [0.1, 0.15) is 25.5 Å². The fraction of sp³-hybridized carbons (Fsp3) is 0.636. The summed E-state index contributed by atoms with van der Waals surface area (Å²) in [7, 11) is 2.15. The van der Waals surface area contributed by atoms with Gasteiger partial charge in [0.2, 0.25) is 0 Å². The van der Waals surface area contributed by atoms with Crippen molar-refractivity contribution in [3.05, 3.63) is 18.1 Å². The molecule has 1 N–H and O–H groups in total. The first-order valence-electron chi connectivity index (χ1n) is 5.54. The summed E-state index contributed by atoms with van der Waals surface area (Å²) >= 11 is 0. The molecule has 0 amide bonds. The molecule has 1 saturated carbocycles. The van der Waals surface area contributed by atoms with Gasteiger partial charge in [-0.2, -0.15) is 0 Å². The molecule has 0 bridgehead atoms. The minimum atomic E-state index is 0.778. The molecule has 0 aliphatic heterocycles. The highest BCUT2D eigenvalue weighted by Crippen LogP contribution is 2.26. The first-order valence-corrected chi connectivity index (χ1v) is 5.54. The minimum Gasteiger partial charge on any atom is -0.369 e. The van der Waals surface area contributed by atoms with Gasteiger partial charge in [-0.15, -0.1) is 0 Å². The van der Waals surface area contributed by atoms with Crippen LogP contribution in [0.25, 0.3) is 0 Å². The predicted molar refractivity (Wildman–Crippen MR) is 60.7 cm³/mol. The van der Waals surface area contributed by atoms with Crippen LogP contribution >= 0.6 is 0 Å². The average molecular weight is 206 g/mol. The van der Waals surface area contributed by atoms with Gasteiger partial charge in [-0.3, -0.25) is 9.88 Å². The first-order chi connectivity index (χ1) is 7.29. The summed E-state index contributed by atoms with van der Waals surface area (Å²) in [4.78, 5) is 11.0. The molecular formula is C11H18N4. The second kappa shape index (κ2) is 4.57. The summed E-state index contributed by atoms with van der Waals surface area (Å²) < 4.78 is 0. The Morgan fingerprint density at radius 1 is 1.40 bits per heavy atom. The third-order valence-corrected chi connectivity index (χ3v) is 2.64. The van der Waals surface area contributed by atoms with Gasteiger partial charge in [0.25, 0.3) is 0 Å². The van der Waals surface area contributed by atoms with E-state index in [9.17, 15) is 0 Å². The molecule has 1 heterocycles. The molecule has 4 nitrogen and oxygen atoms in total. The Labute approximate surface area is 90.7 Å². The van der Waals surface area contributed by atoms with Crippen LogP contribution in [-0.4, -0.2) is 34.5 Å². The summed E-state index contributed by atoms with van der Waals surface area (Å²) in [5, 5.41) is 3.14. The van der Waals surface area contributed by atoms with Gasteiger partial charge in [-0.1, -0.05) is 0 Å². The highest BCUT2D eigenvalue weighted by Gasteiger charge is 2.26. The summed E-state index contributed by atoms with van der Waals surface area (Å²) in [5.41, 5.74) is 1.05. The second-order valence-corrected chi connectivity index (χ2v) is 4.07. The molecule has 82 valence electrons. The fourth-order valence-electron chi connectivity index (χ4n) is 1.61. The van der Waals surface area contributed by atoms with Crippen molar-refractivity contribution >= 4 is 5.82 Å². The summed E-state index contributed by atoms with van der Waals surface area (Å²) in [5.74, 6) is 0.857. The van der Waals surface area contributed by atoms with E-state index in [1.54, 1.807) is 6.20 Å². The van der Waals surface area contributed by atoms with E-state index in [1.807, 2.05) is 6.20 Å². The standard InChI is InChI=1S/C11H18N4/c1-3-12-11-7-13-9(6-14-11)8-15(2)10-4-5-10/h6-7,10H,3-5,8H2,1-2H3,(H,12,14). The van der Waals surface area contributed by atoms with Crippen LogP contribution in [0, 0.1) is 0 Å². The van der Waals surface area contributed by atoms with Gasteiger partial charge < -0.3 is 5.32 Å². The van der Waals surface area contributed by atoms with Crippen LogP contribution in [0.4, 0.5) is 5.82 Å². The largest absolute Gasteiger partial charge is 0.369 e. The maximum absolute atomic E-state index is 4.38. The molecule has 1 aliphatic rings. The van der Waals surface area contributed by atoms with Gasteiger partial charge >= 0.3 is 0 Å². The van der Waals surface area contributed by atoms with Gasteiger partial charge in [0.1, 0.15) is 5.82 Å². The van der Waals surface area contributed by atoms with Crippen molar-refractivity contribution in [2.75, 3.05) is 18.9 Å². The van der Waals surface area contributed by atoms with Crippen LogP contribution in [0.3, 0.4) is 0 Å². The Bertz CT molecular complexity index is 305. The summed E-state index contributed by atoms with van der Waals surface area (Å²) in [6.45, 7) is 3.84. The normalized spacial score (nSPS) is 15.7. The Balaban J connectivity index is 1.91. The van der Waals surface area contributed by atoms with Crippen LogP contribution in [-0.2, 0) is 6.54 Å². The van der Waals surface area contributed by atoms with E-state index < -0.39 is 0 Å². The van der Waals surface area contributed by atoms with E-state index in [-0.39, 0.29) is 0 Å². The molecule has 15 heavy (non-hydrogen) atoms. The van der Waals surface area contributed by atoms with Crippen molar-refractivity contribution in [1.82, 2.24) is 14.9 Å². The number of hydrogen-bond acceptors (Lipinski definition) is 4. The van der Waals surface area contributed by atoms with Crippen molar-refractivity contribution in [2.45, 2.75) is 32.4 Å². The molecule has 0 unspecified atom stereocenters. The van der Waals surface area contributed by atoms with E-state index in [0.717, 1.165) is 30.6 Å². The lowest BCUT2D eigenvalue weighted by Gasteiger charge is -2.14. The zero-order valence-corrected chi connectivity index (χ0v) is 9.40. The zero-order valence-electron chi connectivity index (χ0n) is 9.40. The topological polar surface area (TPSA) is 41.1 Å². The molecule has 1 aromatic rings. The highest BCUT2D eigenvalue weighted by atomic mass is 15.2. The lowest BCUT2D eigenvalue weighted by Crippen LogP contribution is -2.20. The van der Waals surface area contributed by atoms with E-state index in [2.05, 4.69) is 34.2 Å². The molecule has 1 aliphatic carbocycles. The molecule has 0 aromatic carbocycles. The quantitative estimate of drug-likeness (QED) is 0.792. The Morgan fingerprint density at radius 2 is 2.20 bits per heavy atom. The highest BCUT2D eigenvalue weighted by molar-refractivity contribution is 5.30. The summed E-state index contributed by atoms with van der Waals surface area (Å²) in [6, 6.07) is 0.778. The number of rotatable bonds is 5. The average Bonchev–Trinajstić information content (AvgIpc) is 3.04. The molecule has 0 atom stereocenters. The van der Waals surface area contributed by atoms with Gasteiger partial charge in [-0.05, 0) is 26.8 Å². The number of hydrogen-bond donors (Lipinski definition) is 1. The van der Waals surface area contributed by atoms with Gasteiger partial charge in [-0.25, -0.2) is 4.98 Å². The van der Waals surface area contributed by atoms with Gasteiger partial charge in [0, 0.05) is 19.1 Å². The van der Waals surface area contributed by atoms with Gasteiger partial charge in [0.15, 0.2) is 0 Å². The Morgan fingerprint density at radius 3 is 2.73 bits per heavy atom. The molecule has 1 fully saturated rings. The molecule has 4 heteroatoms. The van der Waals surface area contributed by atoms with Gasteiger partial charge in [0.05, 0.1) is 18.1 Å².